The normalized spacial score (nSPS) is 13.7. The molecule has 1 saturated heterocycles. The molecule has 11 aromatic rings. The second kappa shape index (κ2) is 20.3. The summed E-state index contributed by atoms with van der Waals surface area (Å²) in [5, 5.41) is 0.153. The van der Waals surface area contributed by atoms with Crippen LogP contribution in [0.3, 0.4) is 0 Å². The summed E-state index contributed by atoms with van der Waals surface area (Å²) in [6.45, 7) is 8.41. The fraction of sp³-hybridized carbons (Fsp3) is 0.0870. The highest BCUT2D eigenvalue weighted by Crippen LogP contribution is 2.50. The van der Waals surface area contributed by atoms with Gasteiger partial charge in [-0.2, -0.15) is 9.97 Å². The van der Waals surface area contributed by atoms with Crippen molar-refractivity contribution < 1.29 is 9.31 Å². The van der Waals surface area contributed by atoms with E-state index in [0.29, 0.717) is 11.6 Å². The van der Waals surface area contributed by atoms with Crippen LogP contribution in [0.25, 0.3) is 112 Å². The zero-order chi connectivity index (χ0) is 51.8. The molecule has 0 bridgehead atoms. The lowest BCUT2D eigenvalue weighted by Gasteiger charge is -2.32. The van der Waals surface area contributed by atoms with Crippen LogP contribution >= 0.6 is 11.6 Å². The maximum atomic E-state index is 6.60. The van der Waals surface area contributed by atoms with Gasteiger partial charge in [0, 0.05) is 11.1 Å². The molecule has 0 spiro atoms. The third-order valence-electron chi connectivity index (χ3n) is 15.0. The van der Waals surface area contributed by atoms with Gasteiger partial charge in [0.2, 0.25) is 5.28 Å². The summed E-state index contributed by atoms with van der Waals surface area (Å²) in [7, 11) is -0.493. The number of hydrogen-bond donors (Lipinski definition) is 0. The van der Waals surface area contributed by atoms with Gasteiger partial charge < -0.3 is 9.31 Å². The summed E-state index contributed by atoms with van der Waals surface area (Å²) in [6, 6.07) is 88.1. The molecule has 366 valence electrons. The largest absolute Gasteiger partial charge is 0.494 e. The van der Waals surface area contributed by atoms with Crippen LogP contribution in [-0.4, -0.2) is 33.3 Å². The Kier molecular flexibility index (Phi) is 12.9. The number of aromatic nitrogens is 3. The first kappa shape index (κ1) is 48.4. The van der Waals surface area contributed by atoms with E-state index in [-0.39, 0.29) is 5.28 Å². The van der Waals surface area contributed by atoms with E-state index < -0.39 is 18.3 Å². The third kappa shape index (κ3) is 9.59. The Morgan fingerprint density at radius 3 is 1.05 bits per heavy atom. The van der Waals surface area contributed by atoms with Crippen molar-refractivity contribution >= 4 is 24.2 Å². The highest BCUT2D eigenvalue weighted by atomic mass is 35.5. The van der Waals surface area contributed by atoms with Gasteiger partial charge in [-0.05, 0) is 140 Å². The van der Waals surface area contributed by atoms with Crippen molar-refractivity contribution in [1.29, 1.82) is 0 Å². The lowest BCUT2D eigenvalue weighted by molar-refractivity contribution is 0.00578. The van der Waals surface area contributed by atoms with Gasteiger partial charge in [-0.25, -0.2) is 4.98 Å². The Balaban J connectivity index is 0.886. The zero-order valence-corrected chi connectivity index (χ0v) is 43.5. The van der Waals surface area contributed by atoms with E-state index in [2.05, 4.69) is 244 Å². The molecule has 76 heavy (non-hydrogen) atoms. The Morgan fingerprint density at radius 1 is 0.303 bits per heavy atom. The molecule has 2 heterocycles. The lowest BCUT2D eigenvalue weighted by Crippen LogP contribution is -2.41. The average Bonchev–Trinajstić information content (AvgIpc) is 3.71. The smallest absolute Gasteiger partial charge is 0.399 e. The second-order valence-corrected chi connectivity index (χ2v) is 20.7. The quantitative estimate of drug-likeness (QED) is 0.121. The van der Waals surface area contributed by atoms with E-state index in [1.807, 2.05) is 42.5 Å². The SMILES string of the molecule is CC1(C)OB(c2cccc(-c3cc(-c4ccccc4)c(-c4ccc(-c5ccc(-c6ccc(-c7nc(Cl)nc(-c8ccc(-c9ccccc9)cc8)n7)cc6)cc5)cc4)c(-c4ccccc4)c3-c3ccccc3)c2)OC1(C)C. The van der Waals surface area contributed by atoms with E-state index in [1.54, 1.807) is 0 Å². The molecule has 10 aromatic carbocycles. The molecule has 0 aliphatic carbocycles. The second-order valence-electron chi connectivity index (χ2n) is 20.3. The van der Waals surface area contributed by atoms with Crippen molar-refractivity contribution in [2.45, 2.75) is 38.9 Å². The number of hydrogen-bond acceptors (Lipinski definition) is 5. The Bertz CT molecular complexity index is 3820. The van der Waals surface area contributed by atoms with Crippen molar-refractivity contribution in [1.82, 2.24) is 15.0 Å². The minimum Gasteiger partial charge on any atom is -0.399 e. The molecular weight excluding hydrogens is 949 g/mol. The summed E-state index contributed by atoms with van der Waals surface area (Å²) >= 11 is 6.50. The monoisotopic (exact) mass is 1000 g/mol. The predicted octanol–water partition coefficient (Wildman–Crippen LogP) is 17.5. The van der Waals surface area contributed by atoms with Crippen LogP contribution in [-0.2, 0) is 9.31 Å². The fourth-order valence-electron chi connectivity index (χ4n) is 10.2. The van der Waals surface area contributed by atoms with Crippen LogP contribution in [0.15, 0.2) is 249 Å². The van der Waals surface area contributed by atoms with Crippen molar-refractivity contribution in [2.24, 2.45) is 0 Å². The van der Waals surface area contributed by atoms with Crippen LogP contribution in [0.1, 0.15) is 27.7 Å². The summed E-state index contributed by atoms with van der Waals surface area (Å²) in [6.07, 6.45) is 0. The molecule has 0 saturated carbocycles. The van der Waals surface area contributed by atoms with Crippen LogP contribution in [0, 0.1) is 0 Å². The molecule has 0 atom stereocenters. The first-order valence-corrected chi connectivity index (χ1v) is 26.2. The molecule has 7 heteroatoms. The van der Waals surface area contributed by atoms with Gasteiger partial charge in [0.15, 0.2) is 11.6 Å². The van der Waals surface area contributed by atoms with E-state index in [4.69, 9.17) is 25.9 Å². The Morgan fingerprint density at radius 2 is 0.618 bits per heavy atom. The number of nitrogens with zero attached hydrogens (tertiary/aromatic N) is 3. The average molecular weight is 1000 g/mol. The van der Waals surface area contributed by atoms with Gasteiger partial charge in [0.25, 0.3) is 0 Å². The summed E-state index contributed by atoms with van der Waals surface area (Å²) in [5.41, 5.74) is 19.9. The van der Waals surface area contributed by atoms with Crippen molar-refractivity contribution in [3.8, 4) is 112 Å². The molecule has 1 aromatic heterocycles. The van der Waals surface area contributed by atoms with E-state index in [9.17, 15) is 0 Å². The van der Waals surface area contributed by atoms with E-state index in [0.717, 1.165) is 94.5 Å². The first-order chi connectivity index (χ1) is 37.0. The number of benzene rings is 10. The third-order valence-corrected chi connectivity index (χ3v) is 15.2. The van der Waals surface area contributed by atoms with Gasteiger partial charge in [-0.15, -0.1) is 0 Å². The minimum atomic E-state index is -0.493. The summed E-state index contributed by atoms with van der Waals surface area (Å²) < 4.78 is 13.2. The highest BCUT2D eigenvalue weighted by molar-refractivity contribution is 6.62. The molecule has 0 N–H and O–H groups in total. The summed E-state index contributed by atoms with van der Waals surface area (Å²) in [4.78, 5) is 13.8. The van der Waals surface area contributed by atoms with Gasteiger partial charge in [0.1, 0.15) is 0 Å². The van der Waals surface area contributed by atoms with Crippen molar-refractivity contribution in [2.75, 3.05) is 0 Å². The van der Waals surface area contributed by atoms with E-state index in [1.165, 1.54) is 11.1 Å². The van der Waals surface area contributed by atoms with Gasteiger partial charge >= 0.3 is 7.12 Å². The van der Waals surface area contributed by atoms with Crippen LogP contribution < -0.4 is 5.46 Å². The summed E-state index contributed by atoms with van der Waals surface area (Å²) in [5.74, 6) is 1.05. The topological polar surface area (TPSA) is 57.1 Å². The van der Waals surface area contributed by atoms with Crippen molar-refractivity contribution in [3.05, 3.63) is 254 Å². The Labute approximate surface area is 450 Å². The minimum absolute atomic E-state index is 0.153. The molecular formula is C69H53BClN3O2. The van der Waals surface area contributed by atoms with Gasteiger partial charge in [0.05, 0.1) is 11.2 Å². The molecule has 0 unspecified atom stereocenters. The molecule has 5 nitrogen and oxygen atoms in total. The van der Waals surface area contributed by atoms with Crippen LogP contribution in [0.4, 0.5) is 0 Å². The molecule has 1 aliphatic rings. The van der Waals surface area contributed by atoms with Crippen LogP contribution in [0.2, 0.25) is 5.28 Å². The molecule has 0 amide bonds. The lowest BCUT2D eigenvalue weighted by atomic mass is 9.75. The molecule has 1 fully saturated rings. The molecule has 1 aliphatic heterocycles. The Hall–Kier alpha value is -8.52. The maximum Gasteiger partial charge on any atom is 0.494 e. The number of halogens is 1. The van der Waals surface area contributed by atoms with Gasteiger partial charge in [-0.3, -0.25) is 0 Å². The maximum absolute atomic E-state index is 6.60. The first-order valence-electron chi connectivity index (χ1n) is 25.8. The molecule has 0 radical (unpaired) electrons. The van der Waals surface area contributed by atoms with E-state index >= 15 is 0 Å². The fourth-order valence-corrected chi connectivity index (χ4v) is 10.4. The van der Waals surface area contributed by atoms with Crippen LogP contribution in [0.5, 0.6) is 0 Å². The van der Waals surface area contributed by atoms with Crippen molar-refractivity contribution in [3.63, 3.8) is 0 Å². The molecule has 12 rings (SSSR count). The highest BCUT2D eigenvalue weighted by Gasteiger charge is 2.51. The standard InChI is InChI=1S/C69H53BClN3O2/c1-68(2)69(3,4)76-70(75-68)59-27-17-26-58(44-59)61-45-60(52-20-11-6-12-21-52)63(64(54-24-15-8-16-25-54)62(61)53-22-13-7-14-23-53)55-38-32-50(33-39-55)48-28-30-49(31-29-48)51-36-42-57(43-37-51)66-72-65(73-67(71)74-66)56-40-34-47(35-41-56)46-18-9-5-10-19-46/h5-45H,1-4H3. The van der Waals surface area contributed by atoms with Gasteiger partial charge in [-0.1, -0.05) is 243 Å². The number of rotatable bonds is 11. The predicted molar refractivity (Wildman–Crippen MR) is 315 cm³/mol. The zero-order valence-electron chi connectivity index (χ0n) is 42.8.